The van der Waals surface area contributed by atoms with Crippen molar-refractivity contribution in [3.05, 3.63) is 52.0 Å². The van der Waals surface area contributed by atoms with Gasteiger partial charge in [-0.2, -0.15) is 0 Å². The highest BCUT2D eigenvalue weighted by atomic mass is 35.5. The fourth-order valence-electron chi connectivity index (χ4n) is 1.50. The Labute approximate surface area is 119 Å². The van der Waals surface area contributed by atoms with E-state index in [-0.39, 0.29) is 27.1 Å². The van der Waals surface area contributed by atoms with E-state index in [9.17, 15) is 15.0 Å². The van der Waals surface area contributed by atoms with E-state index in [0.29, 0.717) is 5.69 Å². The van der Waals surface area contributed by atoms with Gasteiger partial charge in [0, 0.05) is 5.69 Å². The molecule has 0 radical (unpaired) electrons. The minimum atomic E-state index is -0.504. The van der Waals surface area contributed by atoms with Gasteiger partial charge >= 0.3 is 0 Å². The number of benzene rings is 2. The summed E-state index contributed by atoms with van der Waals surface area (Å²) in [5.41, 5.74) is 0.448. The molecule has 2 rings (SSSR count). The van der Waals surface area contributed by atoms with Crippen molar-refractivity contribution in [2.24, 2.45) is 0 Å². The predicted octanol–water partition coefficient (Wildman–Crippen LogP) is 3.66. The number of hydrogen-bond donors (Lipinski definition) is 3. The van der Waals surface area contributed by atoms with Crippen molar-refractivity contribution in [1.29, 1.82) is 0 Å². The van der Waals surface area contributed by atoms with Crippen LogP contribution in [0.2, 0.25) is 10.0 Å². The molecule has 0 heterocycles. The number of phenolic OH excluding ortho intramolecular Hbond substituents is 2. The van der Waals surface area contributed by atoms with Gasteiger partial charge in [-0.05, 0) is 24.3 Å². The summed E-state index contributed by atoms with van der Waals surface area (Å²) < 4.78 is 0. The Hall–Kier alpha value is -1.91. The average Bonchev–Trinajstić information content (AvgIpc) is 2.36. The first-order valence-electron chi connectivity index (χ1n) is 5.26. The van der Waals surface area contributed by atoms with Gasteiger partial charge in [-0.15, -0.1) is 0 Å². The van der Waals surface area contributed by atoms with Crippen LogP contribution in [0, 0.1) is 0 Å². The molecule has 0 aliphatic carbocycles. The van der Waals surface area contributed by atoms with Crippen LogP contribution in [0.3, 0.4) is 0 Å². The molecule has 4 nitrogen and oxygen atoms in total. The van der Waals surface area contributed by atoms with E-state index in [1.165, 1.54) is 24.3 Å². The highest BCUT2D eigenvalue weighted by molar-refractivity contribution is 6.37. The van der Waals surface area contributed by atoms with Crippen molar-refractivity contribution in [1.82, 2.24) is 0 Å². The van der Waals surface area contributed by atoms with Crippen LogP contribution < -0.4 is 5.32 Å². The number of amides is 1. The smallest absolute Gasteiger partial charge is 0.259 e. The molecule has 0 bridgehead atoms. The van der Waals surface area contributed by atoms with E-state index in [4.69, 9.17) is 23.2 Å². The van der Waals surface area contributed by atoms with Crippen LogP contribution >= 0.6 is 23.2 Å². The van der Waals surface area contributed by atoms with Gasteiger partial charge in [0.15, 0.2) is 5.75 Å². The number of rotatable bonds is 2. The highest BCUT2D eigenvalue weighted by Crippen LogP contribution is 2.34. The van der Waals surface area contributed by atoms with E-state index >= 15 is 0 Å². The van der Waals surface area contributed by atoms with Crippen molar-refractivity contribution < 1.29 is 15.0 Å². The van der Waals surface area contributed by atoms with Crippen LogP contribution in [0.15, 0.2) is 36.4 Å². The first-order valence-corrected chi connectivity index (χ1v) is 6.02. The summed E-state index contributed by atoms with van der Waals surface area (Å²) in [6.45, 7) is 0. The molecule has 0 atom stereocenters. The SMILES string of the molecule is O=C(Nc1cc(Cl)c(O)c(Cl)c1)c1ccccc1O. The summed E-state index contributed by atoms with van der Waals surface area (Å²) in [5, 5.41) is 21.6. The molecule has 0 spiro atoms. The number of anilines is 1. The molecule has 98 valence electrons. The molecule has 19 heavy (non-hydrogen) atoms. The van der Waals surface area contributed by atoms with Crippen molar-refractivity contribution in [2.45, 2.75) is 0 Å². The van der Waals surface area contributed by atoms with E-state index in [1.807, 2.05) is 0 Å². The summed E-state index contributed by atoms with van der Waals surface area (Å²) >= 11 is 11.5. The second-order valence-electron chi connectivity index (χ2n) is 3.76. The highest BCUT2D eigenvalue weighted by Gasteiger charge is 2.12. The van der Waals surface area contributed by atoms with E-state index in [0.717, 1.165) is 0 Å². The molecule has 0 aliphatic rings. The molecule has 0 saturated heterocycles. The molecule has 6 heteroatoms. The van der Waals surface area contributed by atoms with Gasteiger partial charge in [0.05, 0.1) is 15.6 Å². The first kappa shape index (κ1) is 13.5. The van der Waals surface area contributed by atoms with E-state index in [1.54, 1.807) is 12.1 Å². The third-order valence-electron chi connectivity index (χ3n) is 2.42. The number of para-hydroxylation sites is 1. The maximum atomic E-state index is 11.9. The van der Waals surface area contributed by atoms with Crippen LogP contribution in [0.4, 0.5) is 5.69 Å². The van der Waals surface area contributed by atoms with Gasteiger partial charge in [-0.25, -0.2) is 0 Å². The van der Waals surface area contributed by atoms with Gasteiger partial charge in [0.25, 0.3) is 5.91 Å². The lowest BCUT2D eigenvalue weighted by molar-refractivity contribution is 0.102. The lowest BCUT2D eigenvalue weighted by Crippen LogP contribution is -2.11. The third-order valence-corrected chi connectivity index (χ3v) is 3.00. The molecule has 2 aromatic carbocycles. The standard InChI is InChI=1S/C13H9Cl2NO3/c14-9-5-7(6-10(15)12(9)18)16-13(19)8-3-1-2-4-11(8)17/h1-6,17-18H,(H,16,19). The molecular weight excluding hydrogens is 289 g/mol. The van der Waals surface area contributed by atoms with Crippen LogP contribution in [0.1, 0.15) is 10.4 Å². The molecule has 0 aliphatic heterocycles. The van der Waals surface area contributed by atoms with E-state index < -0.39 is 5.91 Å². The predicted molar refractivity (Wildman–Crippen MR) is 74.2 cm³/mol. The van der Waals surface area contributed by atoms with Crippen molar-refractivity contribution in [3.63, 3.8) is 0 Å². The van der Waals surface area contributed by atoms with Gasteiger partial charge < -0.3 is 15.5 Å². The lowest BCUT2D eigenvalue weighted by Gasteiger charge is -2.08. The molecule has 0 fully saturated rings. The summed E-state index contributed by atoms with van der Waals surface area (Å²) in [5.74, 6) is -0.879. The fraction of sp³-hybridized carbons (Fsp3) is 0. The van der Waals surface area contributed by atoms with Crippen molar-refractivity contribution >= 4 is 34.8 Å². The number of aromatic hydroxyl groups is 2. The lowest BCUT2D eigenvalue weighted by atomic mass is 10.2. The fourth-order valence-corrected chi connectivity index (χ4v) is 1.99. The Kier molecular flexibility index (Phi) is 3.83. The topological polar surface area (TPSA) is 69.6 Å². The number of carbonyl (C=O) groups is 1. The van der Waals surface area contributed by atoms with Gasteiger partial charge in [0.2, 0.25) is 0 Å². The first-order chi connectivity index (χ1) is 8.99. The summed E-state index contributed by atoms with van der Waals surface area (Å²) in [6.07, 6.45) is 0. The summed E-state index contributed by atoms with van der Waals surface area (Å²) in [6, 6.07) is 8.85. The molecule has 1 amide bonds. The van der Waals surface area contributed by atoms with Crippen LogP contribution in [-0.4, -0.2) is 16.1 Å². The quantitative estimate of drug-likeness (QED) is 0.741. The monoisotopic (exact) mass is 297 g/mol. The van der Waals surface area contributed by atoms with Gasteiger partial charge in [-0.1, -0.05) is 35.3 Å². The Balaban J connectivity index is 2.27. The summed E-state index contributed by atoms with van der Waals surface area (Å²) in [4.78, 5) is 11.9. The zero-order chi connectivity index (χ0) is 14.0. The van der Waals surface area contributed by atoms with Gasteiger partial charge in [0.1, 0.15) is 5.75 Å². The molecule has 0 unspecified atom stereocenters. The van der Waals surface area contributed by atoms with Crippen molar-refractivity contribution in [3.8, 4) is 11.5 Å². The largest absolute Gasteiger partial charge is 0.507 e. The average molecular weight is 298 g/mol. The molecule has 2 aromatic rings. The Morgan fingerprint density at radius 2 is 1.63 bits per heavy atom. The zero-order valence-electron chi connectivity index (χ0n) is 9.52. The number of halogens is 2. The molecule has 3 N–H and O–H groups in total. The second kappa shape index (κ2) is 5.38. The Bertz CT molecular complexity index is 621. The maximum absolute atomic E-state index is 11.9. The molecule has 0 saturated carbocycles. The van der Waals surface area contributed by atoms with Crippen LogP contribution in [0.5, 0.6) is 11.5 Å². The number of carbonyl (C=O) groups excluding carboxylic acids is 1. The van der Waals surface area contributed by atoms with Crippen LogP contribution in [-0.2, 0) is 0 Å². The molecule has 0 aromatic heterocycles. The normalized spacial score (nSPS) is 10.2. The minimum Gasteiger partial charge on any atom is -0.507 e. The Morgan fingerprint density at radius 3 is 2.21 bits per heavy atom. The third kappa shape index (κ3) is 2.92. The molecular formula is C13H9Cl2NO3. The maximum Gasteiger partial charge on any atom is 0.259 e. The number of phenols is 2. The van der Waals surface area contributed by atoms with Gasteiger partial charge in [-0.3, -0.25) is 4.79 Å². The van der Waals surface area contributed by atoms with Crippen LogP contribution in [0.25, 0.3) is 0 Å². The van der Waals surface area contributed by atoms with E-state index in [2.05, 4.69) is 5.32 Å². The summed E-state index contributed by atoms with van der Waals surface area (Å²) in [7, 11) is 0. The second-order valence-corrected chi connectivity index (χ2v) is 4.57. The Morgan fingerprint density at radius 1 is 1.05 bits per heavy atom. The van der Waals surface area contributed by atoms with Crippen molar-refractivity contribution in [2.75, 3.05) is 5.32 Å². The zero-order valence-corrected chi connectivity index (χ0v) is 11.0. The number of nitrogens with one attached hydrogen (secondary N) is 1. The number of hydrogen-bond acceptors (Lipinski definition) is 3. The minimum absolute atomic E-state index is 0.0279.